The second kappa shape index (κ2) is 5.75. The zero-order valence-corrected chi connectivity index (χ0v) is 9.86. The molecular formula is C13H16N2O3. The van der Waals surface area contributed by atoms with Gasteiger partial charge in [-0.1, -0.05) is 6.08 Å². The van der Waals surface area contributed by atoms with Crippen LogP contribution in [0.3, 0.4) is 0 Å². The standard InChI is InChI=1S/C13H16N2O3/c16-11-7-9(8-12(11)17)1-2-13(18)15-10-3-5-14-6-4-10/h1-6,9,11-12,16-17H,7-8H2,(H,14,15,18)/b2-1+/t9?,11-,12+. The van der Waals surface area contributed by atoms with Crippen molar-refractivity contribution in [3.05, 3.63) is 36.7 Å². The second-order valence-electron chi connectivity index (χ2n) is 4.45. The summed E-state index contributed by atoms with van der Waals surface area (Å²) < 4.78 is 0. The van der Waals surface area contributed by atoms with Gasteiger partial charge in [0.05, 0.1) is 12.2 Å². The van der Waals surface area contributed by atoms with E-state index in [0.29, 0.717) is 18.5 Å². The molecule has 2 rings (SSSR count). The van der Waals surface area contributed by atoms with Gasteiger partial charge in [0.1, 0.15) is 0 Å². The number of nitrogens with zero attached hydrogens (tertiary/aromatic N) is 1. The molecule has 3 atom stereocenters. The highest BCUT2D eigenvalue weighted by Crippen LogP contribution is 2.26. The first kappa shape index (κ1) is 12.7. The SMILES string of the molecule is O=C(/C=C/C1C[C@@H](O)[C@@H](O)C1)Nc1ccncc1. The van der Waals surface area contributed by atoms with Crippen LogP contribution in [0.2, 0.25) is 0 Å². The molecule has 0 radical (unpaired) electrons. The monoisotopic (exact) mass is 248 g/mol. The Morgan fingerprint density at radius 1 is 1.28 bits per heavy atom. The Morgan fingerprint density at radius 2 is 1.89 bits per heavy atom. The van der Waals surface area contributed by atoms with E-state index in [9.17, 15) is 15.0 Å². The van der Waals surface area contributed by atoms with Crippen molar-refractivity contribution in [2.75, 3.05) is 5.32 Å². The molecule has 0 spiro atoms. The van der Waals surface area contributed by atoms with Gasteiger partial charge >= 0.3 is 0 Å². The summed E-state index contributed by atoms with van der Waals surface area (Å²) in [4.78, 5) is 15.4. The molecule has 96 valence electrons. The molecule has 1 aromatic rings. The molecule has 1 aliphatic rings. The molecule has 5 heteroatoms. The van der Waals surface area contributed by atoms with E-state index in [1.807, 2.05) is 0 Å². The predicted octanol–water partition coefficient (Wildman–Crippen LogP) is 0.708. The molecule has 3 N–H and O–H groups in total. The Labute approximate surface area is 105 Å². The lowest BCUT2D eigenvalue weighted by Gasteiger charge is -2.03. The van der Waals surface area contributed by atoms with Gasteiger partial charge in [-0.3, -0.25) is 9.78 Å². The van der Waals surface area contributed by atoms with E-state index >= 15 is 0 Å². The molecule has 0 aromatic carbocycles. The van der Waals surface area contributed by atoms with Crippen LogP contribution in [0.4, 0.5) is 5.69 Å². The predicted molar refractivity (Wildman–Crippen MR) is 66.7 cm³/mol. The normalized spacial score (nSPS) is 27.6. The summed E-state index contributed by atoms with van der Waals surface area (Å²) in [5.74, 6) is -0.171. The lowest BCUT2D eigenvalue weighted by atomic mass is 10.1. The van der Waals surface area contributed by atoms with Gasteiger partial charge in [0, 0.05) is 18.1 Å². The quantitative estimate of drug-likeness (QED) is 0.688. The van der Waals surface area contributed by atoms with Gasteiger partial charge in [-0.15, -0.1) is 0 Å². The molecule has 1 amide bonds. The number of hydrogen-bond acceptors (Lipinski definition) is 4. The van der Waals surface area contributed by atoms with Crippen LogP contribution in [0.5, 0.6) is 0 Å². The van der Waals surface area contributed by atoms with E-state index in [4.69, 9.17) is 0 Å². The zero-order valence-electron chi connectivity index (χ0n) is 9.86. The highest BCUT2D eigenvalue weighted by atomic mass is 16.3. The smallest absolute Gasteiger partial charge is 0.248 e. The van der Waals surface area contributed by atoms with Crippen molar-refractivity contribution in [1.82, 2.24) is 4.98 Å². The molecule has 1 heterocycles. The maximum absolute atomic E-state index is 11.6. The Balaban J connectivity index is 1.85. The molecule has 1 saturated carbocycles. The van der Waals surface area contributed by atoms with E-state index in [0.717, 1.165) is 0 Å². The third-order valence-corrected chi connectivity index (χ3v) is 3.00. The molecule has 1 aliphatic carbocycles. The first-order chi connectivity index (χ1) is 8.65. The fourth-order valence-electron chi connectivity index (χ4n) is 2.03. The van der Waals surface area contributed by atoms with E-state index in [2.05, 4.69) is 10.3 Å². The van der Waals surface area contributed by atoms with Crippen LogP contribution in [0, 0.1) is 5.92 Å². The molecule has 0 saturated heterocycles. The van der Waals surface area contributed by atoms with Crippen molar-refractivity contribution in [1.29, 1.82) is 0 Å². The molecular weight excluding hydrogens is 232 g/mol. The maximum atomic E-state index is 11.6. The third kappa shape index (κ3) is 3.38. The van der Waals surface area contributed by atoms with Gasteiger partial charge in [-0.25, -0.2) is 0 Å². The first-order valence-electron chi connectivity index (χ1n) is 5.90. The number of rotatable bonds is 3. The summed E-state index contributed by atoms with van der Waals surface area (Å²) in [6, 6.07) is 3.41. The molecule has 1 unspecified atom stereocenters. The summed E-state index contributed by atoms with van der Waals surface area (Å²) in [7, 11) is 0. The number of carbonyl (C=O) groups is 1. The minimum atomic E-state index is -0.678. The number of carbonyl (C=O) groups excluding carboxylic acids is 1. The van der Waals surface area contributed by atoms with Gasteiger partial charge in [-0.2, -0.15) is 0 Å². The van der Waals surface area contributed by atoms with Crippen molar-refractivity contribution >= 4 is 11.6 Å². The average Bonchev–Trinajstić information content (AvgIpc) is 2.68. The van der Waals surface area contributed by atoms with Crippen molar-refractivity contribution < 1.29 is 15.0 Å². The van der Waals surface area contributed by atoms with E-state index in [-0.39, 0.29) is 11.8 Å². The number of hydrogen-bond donors (Lipinski definition) is 3. The average molecular weight is 248 g/mol. The van der Waals surface area contributed by atoms with Gasteiger partial charge in [0.2, 0.25) is 5.91 Å². The minimum Gasteiger partial charge on any atom is -0.390 e. The van der Waals surface area contributed by atoms with Crippen molar-refractivity contribution in [3.8, 4) is 0 Å². The highest BCUT2D eigenvalue weighted by Gasteiger charge is 2.29. The lowest BCUT2D eigenvalue weighted by Crippen LogP contribution is -2.17. The Kier molecular flexibility index (Phi) is 4.07. The van der Waals surface area contributed by atoms with Gasteiger partial charge in [-0.05, 0) is 37.0 Å². The van der Waals surface area contributed by atoms with Crippen LogP contribution < -0.4 is 5.32 Å². The van der Waals surface area contributed by atoms with E-state index in [1.54, 1.807) is 30.6 Å². The molecule has 18 heavy (non-hydrogen) atoms. The Hall–Kier alpha value is -1.72. The highest BCUT2D eigenvalue weighted by molar-refractivity contribution is 5.99. The Morgan fingerprint density at radius 3 is 2.50 bits per heavy atom. The summed E-state index contributed by atoms with van der Waals surface area (Å²) in [5, 5.41) is 21.5. The van der Waals surface area contributed by atoms with Crippen LogP contribution in [0.1, 0.15) is 12.8 Å². The number of aliphatic hydroxyl groups excluding tert-OH is 2. The van der Waals surface area contributed by atoms with Crippen LogP contribution in [0.15, 0.2) is 36.7 Å². The van der Waals surface area contributed by atoms with Crippen molar-refractivity contribution in [2.45, 2.75) is 25.0 Å². The van der Waals surface area contributed by atoms with Crippen LogP contribution in [0.25, 0.3) is 0 Å². The summed E-state index contributed by atoms with van der Waals surface area (Å²) in [5.41, 5.74) is 0.686. The molecule has 5 nitrogen and oxygen atoms in total. The third-order valence-electron chi connectivity index (χ3n) is 3.00. The number of allylic oxidation sites excluding steroid dienone is 1. The molecule has 0 bridgehead atoms. The lowest BCUT2D eigenvalue weighted by molar-refractivity contribution is -0.111. The summed E-state index contributed by atoms with van der Waals surface area (Å²) >= 11 is 0. The summed E-state index contributed by atoms with van der Waals surface area (Å²) in [6.45, 7) is 0. The van der Waals surface area contributed by atoms with Crippen LogP contribution in [-0.4, -0.2) is 33.3 Å². The number of aromatic nitrogens is 1. The minimum absolute atomic E-state index is 0.0539. The first-order valence-corrected chi connectivity index (χ1v) is 5.90. The second-order valence-corrected chi connectivity index (χ2v) is 4.45. The topological polar surface area (TPSA) is 82.5 Å². The molecule has 1 aromatic heterocycles. The maximum Gasteiger partial charge on any atom is 0.248 e. The van der Waals surface area contributed by atoms with Crippen LogP contribution in [-0.2, 0) is 4.79 Å². The van der Waals surface area contributed by atoms with Crippen molar-refractivity contribution in [3.63, 3.8) is 0 Å². The van der Waals surface area contributed by atoms with Crippen LogP contribution >= 0.6 is 0 Å². The number of aliphatic hydroxyl groups is 2. The molecule has 1 fully saturated rings. The van der Waals surface area contributed by atoms with Gasteiger partial charge in [0.25, 0.3) is 0 Å². The number of amides is 1. The fraction of sp³-hybridized carbons (Fsp3) is 0.385. The fourth-order valence-corrected chi connectivity index (χ4v) is 2.03. The van der Waals surface area contributed by atoms with Gasteiger partial charge < -0.3 is 15.5 Å². The zero-order chi connectivity index (χ0) is 13.0. The van der Waals surface area contributed by atoms with E-state index < -0.39 is 12.2 Å². The largest absolute Gasteiger partial charge is 0.390 e. The number of anilines is 1. The van der Waals surface area contributed by atoms with Gasteiger partial charge in [0.15, 0.2) is 0 Å². The number of pyridine rings is 1. The summed E-state index contributed by atoms with van der Waals surface area (Å²) in [6.07, 6.45) is 6.02. The Bertz CT molecular complexity index is 423. The van der Waals surface area contributed by atoms with E-state index in [1.165, 1.54) is 6.08 Å². The van der Waals surface area contributed by atoms with Crippen molar-refractivity contribution in [2.24, 2.45) is 5.92 Å². The molecule has 0 aliphatic heterocycles. The number of nitrogens with one attached hydrogen (secondary N) is 1.